The van der Waals surface area contributed by atoms with Gasteiger partial charge in [0.2, 0.25) is 0 Å². The highest BCUT2D eigenvalue weighted by molar-refractivity contribution is 9.09. The molecule has 0 bridgehead atoms. The number of hydrogen-bond donors (Lipinski definition) is 1. The van der Waals surface area contributed by atoms with Gasteiger partial charge in [-0.1, -0.05) is 65.3 Å². The van der Waals surface area contributed by atoms with Crippen LogP contribution >= 0.6 is 15.9 Å². The molecule has 0 amide bonds. The molecule has 1 N–H and O–H groups in total. The molecule has 0 saturated heterocycles. The number of fused-ring (bicyclic) bond motifs is 1. The maximum atomic E-state index is 3.60. The monoisotopic (exact) mass is 305 g/mol. The van der Waals surface area contributed by atoms with E-state index in [1.807, 2.05) is 0 Å². The quantitative estimate of drug-likeness (QED) is 0.803. The van der Waals surface area contributed by atoms with Crippen LogP contribution in [0.5, 0.6) is 0 Å². The van der Waals surface area contributed by atoms with E-state index in [4.69, 9.17) is 0 Å². The molecule has 2 aromatic carbocycles. The highest BCUT2D eigenvalue weighted by Crippen LogP contribution is 2.18. The summed E-state index contributed by atoms with van der Waals surface area (Å²) in [7, 11) is 0. The number of rotatable bonds is 5. The Morgan fingerprint density at radius 3 is 2.56 bits per heavy atom. The van der Waals surface area contributed by atoms with Gasteiger partial charge in [-0.25, -0.2) is 0 Å². The zero-order valence-electron chi connectivity index (χ0n) is 11.0. The van der Waals surface area contributed by atoms with Crippen molar-refractivity contribution in [2.24, 2.45) is 0 Å². The van der Waals surface area contributed by atoms with Crippen LogP contribution < -0.4 is 5.32 Å². The first kappa shape index (κ1) is 13.6. The average Bonchev–Trinajstić information content (AvgIpc) is 2.35. The van der Waals surface area contributed by atoms with Crippen LogP contribution in [0, 0.1) is 0 Å². The SMILES string of the molecule is CC(Br)CC(C)NCc1cccc2ccccc12. The summed E-state index contributed by atoms with van der Waals surface area (Å²) in [4.78, 5) is 0.563. The van der Waals surface area contributed by atoms with E-state index in [2.05, 4.69) is 77.6 Å². The van der Waals surface area contributed by atoms with Gasteiger partial charge in [0.25, 0.3) is 0 Å². The molecule has 2 atom stereocenters. The molecule has 0 spiro atoms. The van der Waals surface area contributed by atoms with Gasteiger partial charge in [0.1, 0.15) is 0 Å². The molecule has 0 heterocycles. The molecule has 2 rings (SSSR count). The number of hydrogen-bond acceptors (Lipinski definition) is 1. The lowest BCUT2D eigenvalue weighted by Gasteiger charge is -2.16. The fraction of sp³-hybridized carbons (Fsp3) is 0.375. The van der Waals surface area contributed by atoms with Crippen LogP contribution in [-0.4, -0.2) is 10.9 Å². The van der Waals surface area contributed by atoms with E-state index in [9.17, 15) is 0 Å². The topological polar surface area (TPSA) is 12.0 Å². The normalized spacial score (nSPS) is 14.6. The fourth-order valence-electron chi connectivity index (χ4n) is 2.30. The maximum Gasteiger partial charge on any atom is 0.0214 e. The third kappa shape index (κ3) is 3.56. The van der Waals surface area contributed by atoms with Gasteiger partial charge >= 0.3 is 0 Å². The summed E-state index contributed by atoms with van der Waals surface area (Å²) in [6.45, 7) is 5.36. The number of nitrogens with one attached hydrogen (secondary N) is 1. The summed E-state index contributed by atoms with van der Waals surface area (Å²) < 4.78 is 0. The molecule has 1 nitrogen and oxygen atoms in total. The van der Waals surface area contributed by atoms with Crippen LogP contribution in [0.1, 0.15) is 25.8 Å². The molecule has 96 valence electrons. The van der Waals surface area contributed by atoms with Crippen LogP contribution in [0.3, 0.4) is 0 Å². The largest absolute Gasteiger partial charge is 0.310 e. The highest BCUT2D eigenvalue weighted by Gasteiger charge is 2.06. The van der Waals surface area contributed by atoms with E-state index in [0.717, 1.165) is 13.0 Å². The summed E-state index contributed by atoms with van der Waals surface area (Å²) in [6, 6.07) is 15.6. The van der Waals surface area contributed by atoms with Gasteiger partial charge in [0.15, 0.2) is 0 Å². The van der Waals surface area contributed by atoms with Crippen LogP contribution in [0.4, 0.5) is 0 Å². The molecule has 0 aliphatic carbocycles. The summed E-state index contributed by atoms with van der Waals surface area (Å²) in [5.74, 6) is 0. The summed E-state index contributed by atoms with van der Waals surface area (Å²) in [6.07, 6.45) is 1.14. The minimum Gasteiger partial charge on any atom is -0.310 e. The Labute approximate surface area is 118 Å². The molecule has 0 aliphatic rings. The summed E-state index contributed by atoms with van der Waals surface area (Å²) >= 11 is 3.60. The number of alkyl halides is 1. The second-order valence-electron chi connectivity index (χ2n) is 4.94. The summed E-state index contributed by atoms with van der Waals surface area (Å²) in [5, 5.41) is 6.26. The Kier molecular flexibility index (Phi) is 4.79. The molecule has 0 saturated carbocycles. The number of benzene rings is 2. The van der Waals surface area contributed by atoms with Gasteiger partial charge in [-0.15, -0.1) is 0 Å². The second-order valence-corrected chi connectivity index (χ2v) is 6.50. The maximum absolute atomic E-state index is 3.60. The van der Waals surface area contributed by atoms with Crippen molar-refractivity contribution in [3.63, 3.8) is 0 Å². The Morgan fingerprint density at radius 2 is 1.78 bits per heavy atom. The zero-order chi connectivity index (χ0) is 13.0. The Bertz CT molecular complexity index is 502. The van der Waals surface area contributed by atoms with Gasteiger partial charge in [-0.05, 0) is 29.7 Å². The molecule has 2 unspecified atom stereocenters. The molecule has 2 aromatic rings. The standard InChI is InChI=1S/C16H20BrN/c1-12(17)10-13(2)18-11-15-8-5-7-14-6-3-4-9-16(14)15/h3-9,12-13,18H,10-11H2,1-2H3. The van der Waals surface area contributed by atoms with E-state index in [-0.39, 0.29) is 0 Å². The van der Waals surface area contributed by atoms with Gasteiger partial charge < -0.3 is 5.32 Å². The van der Waals surface area contributed by atoms with E-state index < -0.39 is 0 Å². The molecular weight excluding hydrogens is 286 g/mol. The van der Waals surface area contributed by atoms with Crippen molar-refractivity contribution in [2.45, 2.75) is 37.7 Å². The van der Waals surface area contributed by atoms with Gasteiger partial charge in [-0.2, -0.15) is 0 Å². The average molecular weight is 306 g/mol. The predicted octanol–water partition coefficient (Wildman–Crippen LogP) is 4.49. The van der Waals surface area contributed by atoms with Crippen molar-refractivity contribution in [3.05, 3.63) is 48.0 Å². The van der Waals surface area contributed by atoms with Gasteiger partial charge in [0, 0.05) is 17.4 Å². The van der Waals surface area contributed by atoms with Crippen LogP contribution in [0.15, 0.2) is 42.5 Å². The molecule has 0 aliphatic heterocycles. The Balaban J connectivity index is 2.08. The highest BCUT2D eigenvalue weighted by atomic mass is 79.9. The third-order valence-electron chi connectivity index (χ3n) is 3.20. The minimum absolute atomic E-state index is 0.526. The van der Waals surface area contributed by atoms with Crippen molar-refractivity contribution in [1.82, 2.24) is 5.32 Å². The summed E-state index contributed by atoms with van der Waals surface area (Å²) in [5.41, 5.74) is 1.38. The fourth-order valence-corrected chi connectivity index (χ4v) is 2.86. The predicted molar refractivity (Wildman–Crippen MR) is 83.3 cm³/mol. The zero-order valence-corrected chi connectivity index (χ0v) is 12.6. The Hall–Kier alpha value is -0.860. The van der Waals surface area contributed by atoms with E-state index in [1.165, 1.54) is 16.3 Å². The van der Waals surface area contributed by atoms with Crippen molar-refractivity contribution in [1.29, 1.82) is 0 Å². The lowest BCUT2D eigenvalue weighted by molar-refractivity contribution is 0.517. The lowest BCUT2D eigenvalue weighted by Crippen LogP contribution is -2.27. The molecule has 0 aromatic heterocycles. The first-order valence-electron chi connectivity index (χ1n) is 6.51. The smallest absolute Gasteiger partial charge is 0.0214 e. The first-order chi connectivity index (χ1) is 8.66. The van der Waals surface area contributed by atoms with Crippen molar-refractivity contribution < 1.29 is 0 Å². The van der Waals surface area contributed by atoms with Gasteiger partial charge in [0.05, 0.1) is 0 Å². The van der Waals surface area contributed by atoms with Crippen molar-refractivity contribution in [2.75, 3.05) is 0 Å². The third-order valence-corrected chi connectivity index (χ3v) is 3.57. The van der Waals surface area contributed by atoms with Crippen molar-refractivity contribution in [3.8, 4) is 0 Å². The lowest BCUT2D eigenvalue weighted by atomic mass is 10.0. The van der Waals surface area contributed by atoms with Crippen LogP contribution in [0.25, 0.3) is 10.8 Å². The molecular formula is C16H20BrN. The number of halogens is 1. The van der Waals surface area contributed by atoms with Crippen LogP contribution in [0.2, 0.25) is 0 Å². The van der Waals surface area contributed by atoms with E-state index in [0.29, 0.717) is 10.9 Å². The van der Waals surface area contributed by atoms with E-state index in [1.54, 1.807) is 0 Å². The minimum atomic E-state index is 0.526. The molecule has 18 heavy (non-hydrogen) atoms. The van der Waals surface area contributed by atoms with Crippen LogP contribution in [-0.2, 0) is 6.54 Å². The first-order valence-corrected chi connectivity index (χ1v) is 7.42. The second kappa shape index (κ2) is 6.35. The van der Waals surface area contributed by atoms with Crippen molar-refractivity contribution >= 4 is 26.7 Å². The molecule has 0 fully saturated rings. The molecule has 0 radical (unpaired) electrons. The van der Waals surface area contributed by atoms with E-state index >= 15 is 0 Å². The Morgan fingerprint density at radius 1 is 1.06 bits per heavy atom. The molecule has 2 heteroatoms. The van der Waals surface area contributed by atoms with Gasteiger partial charge in [-0.3, -0.25) is 0 Å².